The van der Waals surface area contributed by atoms with E-state index in [-0.39, 0.29) is 6.09 Å². The van der Waals surface area contributed by atoms with Crippen LogP contribution in [0, 0.1) is 6.92 Å². The minimum Gasteiger partial charge on any atom is -0.453 e. The van der Waals surface area contributed by atoms with Crippen molar-refractivity contribution < 1.29 is 9.53 Å². The molecule has 0 spiro atoms. The maximum Gasteiger partial charge on any atom is 0.406 e. The van der Waals surface area contributed by atoms with E-state index < -0.39 is 0 Å². The second-order valence-electron chi connectivity index (χ2n) is 1.98. The van der Waals surface area contributed by atoms with E-state index >= 15 is 0 Å². The number of nitrogens with one attached hydrogen (secondary N) is 1. The van der Waals surface area contributed by atoms with E-state index in [2.05, 4.69) is 17.0 Å². The first-order valence-corrected chi connectivity index (χ1v) is 3.42. The predicted molar refractivity (Wildman–Crippen MR) is 39.6 cm³/mol. The van der Waals surface area contributed by atoms with E-state index in [1.165, 1.54) is 7.11 Å². The highest BCUT2D eigenvalue weighted by molar-refractivity contribution is 5.66. The molecular weight excluding hydrogens is 130 g/mol. The first-order chi connectivity index (χ1) is 4.81. The number of hydrogen-bond acceptors (Lipinski definition) is 2. The minimum atomic E-state index is -0.357. The van der Waals surface area contributed by atoms with Crippen molar-refractivity contribution in [1.82, 2.24) is 5.32 Å². The molecular formula is C7H14NO2. The molecule has 0 aliphatic heterocycles. The second-order valence-corrected chi connectivity index (χ2v) is 1.98. The van der Waals surface area contributed by atoms with E-state index in [1.54, 1.807) is 0 Å². The molecule has 0 fully saturated rings. The van der Waals surface area contributed by atoms with Gasteiger partial charge in [0.25, 0.3) is 0 Å². The number of unbranched alkanes of at least 4 members (excludes halogenated alkanes) is 2. The molecule has 59 valence electrons. The summed E-state index contributed by atoms with van der Waals surface area (Å²) in [5.41, 5.74) is 0. The lowest BCUT2D eigenvalue weighted by atomic mass is 10.2. The molecule has 3 nitrogen and oxygen atoms in total. The summed E-state index contributed by atoms with van der Waals surface area (Å²) in [4.78, 5) is 10.4. The van der Waals surface area contributed by atoms with Gasteiger partial charge in [-0.3, -0.25) is 0 Å². The quantitative estimate of drug-likeness (QED) is 0.605. The van der Waals surface area contributed by atoms with Crippen molar-refractivity contribution in [2.24, 2.45) is 0 Å². The SMILES string of the molecule is [CH2]CCCCNC(=O)OC. The standard InChI is InChI=1S/C7H14NO2/c1-3-4-5-6-8-7(9)10-2/h1,3-6H2,2H3,(H,8,9). The smallest absolute Gasteiger partial charge is 0.406 e. The maximum absolute atomic E-state index is 10.4. The Labute approximate surface area is 61.8 Å². The lowest BCUT2D eigenvalue weighted by molar-refractivity contribution is 0.171. The topological polar surface area (TPSA) is 38.3 Å². The van der Waals surface area contributed by atoms with Gasteiger partial charge in [0.2, 0.25) is 0 Å². The summed E-state index contributed by atoms with van der Waals surface area (Å²) in [7, 11) is 1.36. The molecule has 10 heavy (non-hydrogen) atoms. The molecule has 1 radical (unpaired) electrons. The molecule has 0 aliphatic carbocycles. The van der Waals surface area contributed by atoms with Crippen LogP contribution in [0.2, 0.25) is 0 Å². The van der Waals surface area contributed by atoms with Gasteiger partial charge in [-0.1, -0.05) is 19.8 Å². The monoisotopic (exact) mass is 144 g/mol. The lowest BCUT2D eigenvalue weighted by Gasteiger charge is -2.00. The third kappa shape index (κ3) is 5.41. The molecule has 0 unspecified atom stereocenters. The van der Waals surface area contributed by atoms with Crippen LogP contribution in [0.15, 0.2) is 0 Å². The average Bonchev–Trinajstić information content (AvgIpc) is 1.98. The maximum atomic E-state index is 10.4. The summed E-state index contributed by atoms with van der Waals surface area (Å²) >= 11 is 0. The van der Waals surface area contributed by atoms with Gasteiger partial charge in [-0.15, -0.1) is 0 Å². The fraction of sp³-hybridized carbons (Fsp3) is 0.714. The first-order valence-electron chi connectivity index (χ1n) is 3.42. The summed E-state index contributed by atoms with van der Waals surface area (Å²) in [6, 6.07) is 0. The Bertz CT molecular complexity index is 93.6. The average molecular weight is 144 g/mol. The number of rotatable bonds is 4. The molecule has 0 aliphatic rings. The number of methoxy groups -OCH3 is 1. The van der Waals surface area contributed by atoms with Crippen LogP contribution in [0.3, 0.4) is 0 Å². The van der Waals surface area contributed by atoms with Crippen LogP contribution in [0.1, 0.15) is 19.3 Å². The van der Waals surface area contributed by atoms with E-state index in [1.807, 2.05) is 0 Å². The van der Waals surface area contributed by atoms with Gasteiger partial charge >= 0.3 is 6.09 Å². The van der Waals surface area contributed by atoms with Crippen molar-refractivity contribution >= 4 is 6.09 Å². The molecule has 0 heterocycles. The Morgan fingerprint density at radius 1 is 1.60 bits per heavy atom. The Morgan fingerprint density at radius 3 is 2.80 bits per heavy atom. The van der Waals surface area contributed by atoms with E-state index in [4.69, 9.17) is 0 Å². The highest BCUT2D eigenvalue weighted by Gasteiger charge is 1.94. The van der Waals surface area contributed by atoms with Crippen LogP contribution in [0.5, 0.6) is 0 Å². The summed E-state index contributed by atoms with van der Waals surface area (Å²) in [5.74, 6) is 0. The van der Waals surface area contributed by atoms with Gasteiger partial charge in [-0.2, -0.15) is 0 Å². The zero-order valence-corrected chi connectivity index (χ0v) is 6.35. The Hall–Kier alpha value is -0.730. The zero-order chi connectivity index (χ0) is 7.82. The van der Waals surface area contributed by atoms with Crippen molar-refractivity contribution in [1.29, 1.82) is 0 Å². The summed E-state index contributed by atoms with van der Waals surface area (Å²) < 4.78 is 4.36. The van der Waals surface area contributed by atoms with Crippen LogP contribution < -0.4 is 5.32 Å². The van der Waals surface area contributed by atoms with E-state index in [0.29, 0.717) is 6.54 Å². The highest BCUT2D eigenvalue weighted by atomic mass is 16.5. The fourth-order valence-corrected chi connectivity index (χ4v) is 0.564. The second kappa shape index (κ2) is 6.39. The van der Waals surface area contributed by atoms with Gasteiger partial charge in [0.05, 0.1) is 7.11 Å². The minimum absolute atomic E-state index is 0.357. The molecule has 0 rings (SSSR count). The van der Waals surface area contributed by atoms with Gasteiger partial charge < -0.3 is 10.1 Å². The zero-order valence-electron chi connectivity index (χ0n) is 6.35. The van der Waals surface area contributed by atoms with Gasteiger partial charge in [-0.25, -0.2) is 4.79 Å². The van der Waals surface area contributed by atoms with Crippen molar-refractivity contribution in [2.75, 3.05) is 13.7 Å². The van der Waals surface area contributed by atoms with Gasteiger partial charge in [0.15, 0.2) is 0 Å². The number of hydrogen-bond donors (Lipinski definition) is 1. The largest absolute Gasteiger partial charge is 0.453 e. The Balaban J connectivity index is 2.96. The molecule has 1 N–H and O–H groups in total. The van der Waals surface area contributed by atoms with Crippen molar-refractivity contribution in [3.8, 4) is 0 Å². The molecule has 0 bridgehead atoms. The van der Waals surface area contributed by atoms with Crippen LogP contribution in [-0.2, 0) is 4.74 Å². The van der Waals surface area contributed by atoms with E-state index in [0.717, 1.165) is 19.3 Å². The first kappa shape index (κ1) is 9.27. The molecule has 0 aromatic rings. The van der Waals surface area contributed by atoms with Crippen LogP contribution in [-0.4, -0.2) is 19.7 Å². The van der Waals surface area contributed by atoms with Gasteiger partial charge in [0.1, 0.15) is 0 Å². The van der Waals surface area contributed by atoms with Crippen LogP contribution in [0.25, 0.3) is 0 Å². The fourth-order valence-electron chi connectivity index (χ4n) is 0.564. The van der Waals surface area contributed by atoms with Gasteiger partial charge in [-0.05, 0) is 6.42 Å². The summed E-state index contributed by atoms with van der Waals surface area (Å²) in [6.45, 7) is 4.36. The van der Waals surface area contributed by atoms with Crippen LogP contribution in [0.4, 0.5) is 4.79 Å². The molecule has 0 aromatic heterocycles. The molecule has 0 saturated heterocycles. The molecule has 0 saturated carbocycles. The third-order valence-corrected chi connectivity index (χ3v) is 1.13. The number of carbonyl (C=O) groups excluding carboxylic acids is 1. The Morgan fingerprint density at radius 2 is 2.30 bits per heavy atom. The number of ether oxygens (including phenoxy) is 1. The summed E-state index contributed by atoms with van der Waals surface area (Å²) in [5, 5.41) is 2.58. The predicted octanol–water partition coefficient (Wildman–Crippen LogP) is 1.35. The number of alkyl carbamates (subject to hydrolysis) is 1. The number of carbonyl (C=O) groups is 1. The molecule has 0 aromatic carbocycles. The van der Waals surface area contributed by atoms with Crippen molar-refractivity contribution in [3.05, 3.63) is 6.92 Å². The molecule has 1 amide bonds. The van der Waals surface area contributed by atoms with Gasteiger partial charge in [0, 0.05) is 6.54 Å². The van der Waals surface area contributed by atoms with Crippen LogP contribution >= 0.6 is 0 Å². The Kier molecular flexibility index (Phi) is 5.92. The third-order valence-electron chi connectivity index (χ3n) is 1.13. The normalized spacial score (nSPS) is 9.00. The van der Waals surface area contributed by atoms with E-state index in [9.17, 15) is 4.79 Å². The molecule has 0 atom stereocenters. The summed E-state index contributed by atoms with van der Waals surface area (Å²) in [6.07, 6.45) is 2.58. The highest BCUT2D eigenvalue weighted by Crippen LogP contribution is 1.90. The molecule has 3 heteroatoms. The van der Waals surface area contributed by atoms with Crippen molar-refractivity contribution in [3.63, 3.8) is 0 Å². The lowest BCUT2D eigenvalue weighted by Crippen LogP contribution is -2.23. The van der Waals surface area contributed by atoms with Crippen molar-refractivity contribution in [2.45, 2.75) is 19.3 Å². The number of amides is 1.